The number of anilines is 2. The molecular formula is C13H19N3O4S. The molecule has 116 valence electrons. The van der Waals surface area contributed by atoms with Crippen molar-refractivity contribution in [3.05, 3.63) is 18.2 Å². The number of benzene rings is 1. The highest BCUT2D eigenvalue weighted by atomic mass is 32.2. The summed E-state index contributed by atoms with van der Waals surface area (Å²) in [5, 5.41) is 2.69. The van der Waals surface area contributed by atoms with E-state index in [9.17, 15) is 13.2 Å². The topological polar surface area (TPSA) is 102 Å². The standard InChI is InChI=1S/C13H19N3O4S/c1-20-12-9-10(15-13(17)5-6-14)3-4-11(12)16-7-2-8-21(16,18)19/h3-4,9H,2,5-8,14H2,1H3,(H,15,17). The zero-order valence-corrected chi connectivity index (χ0v) is 12.6. The summed E-state index contributed by atoms with van der Waals surface area (Å²) in [7, 11) is -1.80. The third-order valence-electron chi connectivity index (χ3n) is 3.20. The Hall–Kier alpha value is -1.80. The Kier molecular flexibility index (Phi) is 4.69. The van der Waals surface area contributed by atoms with Crippen LogP contribution in [0.15, 0.2) is 18.2 Å². The van der Waals surface area contributed by atoms with Crippen molar-refractivity contribution in [1.29, 1.82) is 0 Å². The minimum Gasteiger partial charge on any atom is -0.494 e. The first-order chi connectivity index (χ1) is 9.97. The molecule has 1 fully saturated rings. The van der Waals surface area contributed by atoms with Gasteiger partial charge in [-0.2, -0.15) is 0 Å². The van der Waals surface area contributed by atoms with Gasteiger partial charge in [0.05, 0.1) is 18.6 Å². The monoisotopic (exact) mass is 313 g/mol. The molecule has 2 rings (SSSR count). The smallest absolute Gasteiger partial charge is 0.235 e. The summed E-state index contributed by atoms with van der Waals surface area (Å²) < 4.78 is 30.5. The van der Waals surface area contributed by atoms with Crippen LogP contribution in [0.4, 0.5) is 11.4 Å². The normalized spacial score (nSPS) is 16.8. The Morgan fingerprint density at radius 1 is 1.48 bits per heavy atom. The molecule has 1 amide bonds. The van der Waals surface area contributed by atoms with E-state index in [0.29, 0.717) is 30.1 Å². The molecule has 1 heterocycles. The first kappa shape index (κ1) is 15.6. The van der Waals surface area contributed by atoms with Gasteiger partial charge < -0.3 is 15.8 Å². The van der Waals surface area contributed by atoms with Crippen molar-refractivity contribution in [2.24, 2.45) is 5.73 Å². The summed E-state index contributed by atoms with van der Waals surface area (Å²) in [6.07, 6.45) is 0.824. The largest absolute Gasteiger partial charge is 0.494 e. The van der Waals surface area contributed by atoms with Crippen molar-refractivity contribution in [3.8, 4) is 5.75 Å². The highest BCUT2D eigenvalue weighted by molar-refractivity contribution is 7.93. The molecule has 1 aromatic carbocycles. The van der Waals surface area contributed by atoms with E-state index in [1.165, 1.54) is 11.4 Å². The van der Waals surface area contributed by atoms with Crippen molar-refractivity contribution >= 4 is 27.3 Å². The lowest BCUT2D eigenvalue weighted by Crippen LogP contribution is -2.25. The molecule has 0 unspecified atom stereocenters. The molecular weight excluding hydrogens is 294 g/mol. The van der Waals surface area contributed by atoms with Crippen LogP contribution in [-0.2, 0) is 14.8 Å². The molecule has 8 heteroatoms. The number of nitrogens with zero attached hydrogens (tertiary/aromatic N) is 1. The van der Waals surface area contributed by atoms with Crippen molar-refractivity contribution in [3.63, 3.8) is 0 Å². The van der Waals surface area contributed by atoms with Crippen molar-refractivity contribution in [2.45, 2.75) is 12.8 Å². The van der Waals surface area contributed by atoms with E-state index in [1.54, 1.807) is 18.2 Å². The molecule has 1 aliphatic rings. The summed E-state index contributed by atoms with van der Waals surface area (Å²) in [5.74, 6) is 0.359. The summed E-state index contributed by atoms with van der Waals surface area (Å²) >= 11 is 0. The molecule has 0 aliphatic carbocycles. The lowest BCUT2D eigenvalue weighted by Gasteiger charge is -2.20. The lowest BCUT2D eigenvalue weighted by atomic mass is 10.2. The molecule has 0 spiro atoms. The highest BCUT2D eigenvalue weighted by Crippen LogP contribution is 2.35. The maximum Gasteiger partial charge on any atom is 0.235 e. The van der Waals surface area contributed by atoms with Gasteiger partial charge in [0.1, 0.15) is 5.75 Å². The number of rotatable bonds is 5. The third kappa shape index (κ3) is 3.45. The zero-order chi connectivity index (χ0) is 15.5. The van der Waals surface area contributed by atoms with Crippen LogP contribution in [-0.4, -0.2) is 40.3 Å². The molecule has 1 aromatic rings. The molecule has 0 aromatic heterocycles. The maximum atomic E-state index is 12.0. The second kappa shape index (κ2) is 6.31. The van der Waals surface area contributed by atoms with E-state index in [1.807, 2.05) is 0 Å². The van der Waals surface area contributed by atoms with Gasteiger partial charge in [0.25, 0.3) is 0 Å². The van der Waals surface area contributed by atoms with E-state index in [0.717, 1.165) is 0 Å². The molecule has 7 nitrogen and oxygen atoms in total. The zero-order valence-electron chi connectivity index (χ0n) is 11.8. The van der Waals surface area contributed by atoms with E-state index in [4.69, 9.17) is 10.5 Å². The van der Waals surface area contributed by atoms with Gasteiger partial charge in [-0.25, -0.2) is 8.42 Å². The fraction of sp³-hybridized carbons (Fsp3) is 0.462. The third-order valence-corrected chi connectivity index (χ3v) is 5.06. The number of nitrogens with two attached hydrogens (primary N) is 1. The van der Waals surface area contributed by atoms with Gasteiger partial charge >= 0.3 is 0 Å². The molecule has 1 aliphatic heterocycles. The first-order valence-electron chi connectivity index (χ1n) is 6.66. The van der Waals surface area contributed by atoms with Crippen LogP contribution in [0, 0.1) is 0 Å². The van der Waals surface area contributed by atoms with Crippen LogP contribution in [0.1, 0.15) is 12.8 Å². The number of methoxy groups -OCH3 is 1. The number of carbonyl (C=O) groups excluding carboxylic acids is 1. The number of carbonyl (C=O) groups is 1. The Morgan fingerprint density at radius 2 is 2.24 bits per heavy atom. The SMILES string of the molecule is COc1cc(NC(=O)CCN)ccc1N1CCCS1(=O)=O. The minimum absolute atomic E-state index is 0.144. The second-order valence-corrected chi connectivity index (χ2v) is 6.73. The molecule has 0 radical (unpaired) electrons. The first-order valence-corrected chi connectivity index (χ1v) is 8.27. The van der Waals surface area contributed by atoms with E-state index >= 15 is 0 Å². The van der Waals surface area contributed by atoms with Gasteiger partial charge in [0.15, 0.2) is 0 Å². The van der Waals surface area contributed by atoms with Gasteiger partial charge in [-0.1, -0.05) is 0 Å². The van der Waals surface area contributed by atoms with E-state index < -0.39 is 10.0 Å². The van der Waals surface area contributed by atoms with Gasteiger partial charge in [-0.3, -0.25) is 9.10 Å². The van der Waals surface area contributed by atoms with Crippen LogP contribution >= 0.6 is 0 Å². The fourth-order valence-corrected chi connectivity index (χ4v) is 3.80. The van der Waals surface area contributed by atoms with Gasteiger partial charge in [-0.15, -0.1) is 0 Å². The minimum atomic E-state index is -3.27. The van der Waals surface area contributed by atoms with E-state index in [-0.39, 0.29) is 24.6 Å². The summed E-state index contributed by atoms with van der Waals surface area (Å²) in [4.78, 5) is 11.5. The number of sulfonamides is 1. The number of ether oxygens (including phenoxy) is 1. The molecule has 0 saturated carbocycles. The fourth-order valence-electron chi connectivity index (χ4n) is 2.23. The van der Waals surface area contributed by atoms with Crippen molar-refractivity contribution < 1.29 is 17.9 Å². The van der Waals surface area contributed by atoms with Gasteiger partial charge in [0, 0.05) is 31.3 Å². The van der Waals surface area contributed by atoms with E-state index in [2.05, 4.69) is 5.32 Å². The lowest BCUT2D eigenvalue weighted by molar-refractivity contribution is -0.116. The number of amides is 1. The Morgan fingerprint density at radius 3 is 2.81 bits per heavy atom. The predicted molar refractivity (Wildman–Crippen MR) is 81.0 cm³/mol. The average molecular weight is 313 g/mol. The van der Waals surface area contributed by atoms with Crippen molar-refractivity contribution in [2.75, 3.05) is 35.6 Å². The summed E-state index contributed by atoms with van der Waals surface area (Å²) in [6.45, 7) is 0.713. The average Bonchev–Trinajstić information content (AvgIpc) is 2.78. The molecule has 0 atom stereocenters. The predicted octanol–water partition coefficient (Wildman–Crippen LogP) is 0.522. The Labute approximate surface area is 124 Å². The Balaban J connectivity index is 2.27. The molecule has 1 saturated heterocycles. The highest BCUT2D eigenvalue weighted by Gasteiger charge is 2.30. The number of hydrogen-bond acceptors (Lipinski definition) is 5. The number of nitrogens with one attached hydrogen (secondary N) is 1. The van der Waals surface area contributed by atoms with Gasteiger partial charge in [-0.05, 0) is 18.6 Å². The Bertz CT molecular complexity index is 630. The van der Waals surface area contributed by atoms with Crippen LogP contribution < -0.4 is 20.1 Å². The number of hydrogen-bond donors (Lipinski definition) is 2. The maximum absolute atomic E-state index is 12.0. The molecule has 0 bridgehead atoms. The van der Waals surface area contributed by atoms with Crippen LogP contribution in [0.2, 0.25) is 0 Å². The second-order valence-electron chi connectivity index (χ2n) is 4.72. The molecule has 3 N–H and O–H groups in total. The van der Waals surface area contributed by atoms with Crippen LogP contribution in [0.25, 0.3) is 0 Å². The summed E-state index contributed by atoms with van der Waals surface area (Å²) in [5.41, 5.74) is 6.36. The molecule has 21 heavy (non-hydrogen) atoms. The van der Waals surface area contributed by atoms with Crippen molar-refractivity contribution in [1.82, 2.24) is 0 Å². The van der Waals surface area contributed by atoms with Gasteiger partial charge in [0.2, 0.25) is 15.9 Å². The summed E-state index contributed by atoms with van der Waals surface area (Å²) in [6, 6.07) is 4.90. The van der Waals surface area contributed by atoms with Crippen LogP contribution in [0.3, 0.4) is 0 Å². The van der Waals surface area contributed by atoms with Crippen LogP contribution in [0.5, 0.6) is 5.75 Å². The quantitative estimate of drug-likeness (QED) is 0.825.